The Bertz CT molecular complexity index is 145. The minimum absolute atomic E-state index is 0. The smallest absolute Gasteiger partial charge is 0 e. The second-order valence-electron chi connectivity index (χ2n) is 4.27. The van der Waals surface area contributed by atoms with Crippen LogP contribution < -0.4 is 0 Å². The van der Waals surface area contributed by atoms with Gasteiger partial charge in [0.05, 0.1) is 0 Å². The molecule has 0 aromatic carbocycles. The molecule has 2 saturated carbocycles. The zero-order chi connectivity index (χ0) is 7.90. The zero-order valence-electron chi connectivity index (χ0n) is 9.00. The molecular formula is C11H20NPtY-3. The third-order valence-corrected chi connectivity index (χ3v) is 3.84. The minimum atomic E-state index is 0. The quantitative estimate of drug-likeness (QED) is 0.504. The Morgan fingerprint density at radius 1 is 1.14 bits per heavy atom. The maximum absolute atomic E-state index is 7.97. The van der Waals surface area contributed by atoms with Crippen LogP contribution in [0, 0.1) is 25.7 Å². The zero-order valence-corrected chi connectivity index (χ0v) is 14.1. The molecule has 1 N–H and O–H groups in total. The first-order valence-corrected chi connectivity index (χ1v) is 4.80. The summed E-state index contributed by atoms with van der Waals surface area (Å²) in [7, 11) is 0. The van der Waals surface area contributed by atoms with E-state index in [1.165, 1.54) is 32.1 Å². The van der Waals surface area contributed by atoms with Crippen molar-refractivity contribution in [3.8, 4) is 0 Å². The molecule has 14 heavy (non-hydrogen) atoms. The second-order valence-corrected chi connectivity index (χ2v) is 4.27. The fraction of sp³-hybridized carbons (Fsp3) is 0.818. The van der Waals surface area contributed by atoms with Gasteiger partial charge in [-0.2, -0.15) is 5.92 Å². The molecule has 85 valence electrons. The molecule has 0 unspecified atom stereocenters. The summed E-state index contributed by atoms with van der Waals surface area (Å²) in [6, 6.07) is 0.215. The molecule has 2 aliphatic rings. The molecule has 0 heterocycles. The molecule has 3 atom stereocenters. The van der Waals surface area contributed by atoms with Gasteiger partial charge in [0.2, 0.25) is 0 Å². The fourth-order valence-electron chi connectivity index (χ4n) is 3.05. The Labute approximate surface area is 128 Å². The van der Waals surface area contributed by atoms with Gasteiger partial charge in [0.15, 0.2) is 0 Å². The van der Waals surface area contributed by atoms with Crippen LogP contribution >= 0.6 is 0 Å². The Morgan fingerprint density at radius 3 is 2.00 bits per heavy atom. The molecule has 0 bridgehead atoms. The molecule has 0 aromatic rings. The summed E-state index contributed by atoms with van der Waals surface area (Å²) in [5.41, 5.74) is 8.33. The molecule has 1 radical (unpaired) electrons. The van der Waals surface area contributed by atoms with Crippen LogP contribution in [0.2, 0.25) is 0 Å². The second kappa shape index (κ2) is 7.15. The monoisotopic (exact) mass is 450 g/mol. The Morgan fingerprint density at radius 2 is 1.64 bits per heavy atom. The molecule has 1 nitrogen and oxygen atoms in total. The van der Waals surface area contributed by atoms with E-state index < -0.39 is 0 Å². The molecule has 2 fully saturated rings. The van der Waals surface area contributed by atoms with Gasteiger partial charge in [-0.3, -0.25) is 0 Å². The summed E-state index contributed by atoms with van der Waals surface area (Å²) in [4.78, 5) is 0. The fourth-order valence-corrected chi connectivity index (χ4v) is 3.05. The summed E-state index contributed by atoms with van der Waals surface area (Å²) in [6.45, 7) is 4.20. The Hall–Kier alpha value is 1.75. The van der Waals surface area contributed by atoms with Crippen molar-refractivity contribution in [3.05, 3.63) is 20.1 Å². The average Bonchev–Trinajstić information content (AvgIpc) is 2.48. The molecule has 0 amide bonds. The summed E-state index contributed by atoms with van der Waals surface area (Å²) in [5.74, 6) is 0.590. The molecule has 0 saturated heterocycles. The van der Waals surface area contributed by atoms with E-state index >= 15 is 0 Å². The van der Waals surface area contributed by atoms with E-state index in [0.717, 1.165) is 6.42 Å². The van der Waals surface area contributed by atoms with Crippen molar-refractivity contribution < 1.29 is 53.8 Å². The van der Waals surface area contributed by atoms with Gasteiger partial charge in [-0.15, -0.1) is 6.04 Å². The number of hydrogen-bond donors (Lipinski definition) is 0. The number of rotatable bonds is 0. The minimum Gasteiger partial charge on any atom is -0.674 e. The molecule has 3 heteroatoms. The van der Waals surface area contributed by atoms with Crippen molar-refractivity contribution in [2.24, 2.45) is 11.3 Å². The maximum Gasteiger partial charge on any atom is 0 e. The molecule has 1 spiro atoms. The van der Waals surface area contributed by atoms with E-state index in [0.29, 0.717) is 11.3 Å². The first-order valence-electron chi connectivity index (χ1n) is 4.80. The van der Waals surface area contributed by atoms with Crippen molar-refractivity contribution in [1.82, 2.24) is 0 Å². The van der Waals surface area contributed by atoms with Crippen LogP contribution in [0.25, 0.3) is 5.73 Å². The van der Waals surface area contributed by atoms with E-state index in [-0.39, 0.29) is 67.2 Å². The molecule has 2 aliphatic carbocycles. The first-order chi connectivity index (χ1) is 5.26. The standard InChI is InChI=1S/C10H17N.CH3.Pt.Y/c1-8-4-2-6-10(8)7-3-5-9(10)11;;;/h8-9,11H,1-7H2;1H3;;/q-2;-1;;/t8-,9+,10-;;;/m1.../s1. The predicted octanol–water partition coefficient (Wildman–Crippen LogP) is 3.66. The van der Waals surface area contributed by atoms with Gasteiger partial charge in [0.1, 0.15) is 0 Å². The topological polar surface area (TPSA) is 23.8 Å². The first kappa shape index (κ1) is 18.1. The van der Waals surface area contributed by atoms with Crippen molar-refractivity contribution >= 4 is 0 Å². The van der Waals surface area contributed by atoms with Crippen molar-refractivity contribution in [2.75, 3.05) is 0 Å². The largest absolute Gasteiger partial charge is 0.674 e. The van der Waals surface area contributed by atoms with Crippen LogP contribution in [0.4, 0.5) is 0 Å². The van der Waals surface area contributed by atoms with Gasteiger partial charge in [-0.05, 0) is 0 Å². The molecule has 0 aliphatic heterocycles. The number of nitrogens with one attached hydrogen (secondary N) is 1. The van der Waals surface area contributed by atoms with Crippen molar-refractivity contribution in [3.63, 3.8) is 0 Å². The Balaban J connectivity index is 0. The molecule has 0 aromatic heterocycles. The third-order valence-electron chi connectivity index (χ3n) is 3.84. The van der Waals surface area contributed by atoms with E-state index in [1.54, 1.807) is 0 Å². The summed E-state index contributed by atoms with van der Waals surface area (Å²) in [5, 5.41) is 0. The maximum atomic E-state index is 7.97. The molecular weight excluding hydrogens is 430 g/mol. The SMILES string of the molecule is [CH2-][C@@H]1CCC[C@@]12CCC[C@@H]2[NH-].[CH3-].[Pt].[Y]. The van der Waals surface area contributed by atoms with E-state index in [9.17, 15) is 0 Å². The van der Waals surface area contributed by atoms with Crippen LogP contribution in [0.15, 0.2) is 0 Å². The Kier molecular flexibility index (Phi) is 9.26. The third kappa shape index (κ3) is 2.90. The van der Waals surface area contributed by atoms with E-state index in [2.05, 4.69) is 6.92 Å². The summed E-state index contributed by atoms with van der Waals surface area (Å²) >= 11 is 0. The van der Waals surface area contributed by atoms with Crippen molar-refractivity contribution in [2.45, 2.75) is 44.6 Å². The number of hydrogen-bond acceptors (Lipinski definition) is 0. The van der Waals surface area contributed by atoms with Crippen LogP contribution in [0.5, 0.6) is 0 Å². The average molecular weight is 450 g/mol. The molecule has 2 rings (SSSR count). The van der Waals surface area contributed by atoms with Gasteiger partial charge < -0.3 is 20.1 Å². The van der Waals surface area contributed by atoms with E-state index in [1.807, 2.05) is 0 Å². The summed E-state index contributed by atoms with van der Waals surface area (Å²) in [6.07, 6.45) is 7.58. The normalized spacial score (nSPS) is 39.9. The predicted molar refractivity (Wildman–Crippen MR) is 53.5 cm³/mol. The summed E-state index contributed by atoms with van der Waals surface area (Å²) < 4.78 is 0. The van der Waals surface area contributed by atoms with Crippen LogP contribution in [0.3, 0.4) is 0 Å². The van der Waals surface area contributed by atoms with Crippen LogP contribution in [-0.2, 0) is 53.8 Å². The van der Waals surface area contributed by atoms with Gasteiger partial charge in [0, 0.05) is 53.8 Å². The van der Waals surface area contributed by atoms with Crippen molar-refractivity contribution in [1.29, 1.82) is 0 Å². The van der Waals surface area contributed by atoms with Crippen LogP contribution in [-0.4, -0.2) is 6.04 Å². The van der Waals surface area contributed by atoms with Gasteiger partial charge >= 0.3 is 0 Å². The van der Waals surface area contributed by atoms with Gasteiger partial charge in [-0.1, -0.05) is 43.9 Å². The van der Waals surface area contributed by atoms with Gasteiger partial charge in [-0.25, -0.2) is 0 Å². The van der Waals surface area contributed by atoms with Gasteiger partial charge in [0.25, 0.3) is 0 Å². The van der Waals surface area contributed by atoms with Crippen LogP contribution in [0.1, 0.15) is 38.5 Å². The van der Waals surface area contributed by atoms with E-state index in [4.69, 9.17) is 5.73 Å².